The van der Waals surface area contributed by atoms with Gasteiger partial charge in [-0.25, -0.2) is 9.97 Å². The molecule has 1 aliphatic rings. The molecule has 2 atom stereocenters. The average Bonchev–Trinajstić information content (AvgIpc) is 3.20. The average molecular weight is 559 g/mol. The van der Waals surface area contributed by atoms with Gasteiger partial charge in [0.2, 0.25) is 0 Å². The predicted octanol–water partition coefficient (Wildman–Crippen LogP) is 3.00. The van der Waals surface area contributed by atoms with Gasteiger partial charge in [-0.05, 0) is 38.1 Å². The number of amides is 1. The molecule has 0 aromatic carbocycles. The first-order chi connectivity index (χ1) is 17.5. The number of aliphatic hydroxyl groups is 2. The molecule has 1 amide bonds. The minimum Gasteiger partial charge on any atom is -0.394 e. The van der Waals surface area contributed by atoms with Crippen LogP contribution < -0.4 is 5.32 Å². The minimum atomic E-state index is -4.65. The maximum Gasteiger partial charge on any atom is 0.410 e. The molecule has 2 aromatic heterocycles. The predicted molar refractivity (Wildman–Crippen MR) is 140 cm³/mol. The van der Waals surface area contributed by atoms with E-state index >= 15 is 0 Å². The van der Waals surface area contributed by atoms with Crippen LogP contribution in [0.4, 0.5) is 19.0 Å². The van der Waals surface area contributed by atoms with Gasteiger partial charge in [0.05, 0.1) is 45.4 Å². The molecular weight excluding hydrogens is 529 g/mol. The number of halogens is 3. The second kappa shape index (κ2) is 12.8. The van der Waals surface area contributed by atoms with Gasteiger partial charge in [-0.2, -0.15) is 13.2 Å². The standard InChI is InChI=1S/C23H29F3N6O3S2/c1-14-21(37-15(2)30-14)18(27-3)12-36-13-29-20-5-4-16(8-28-20)22(35)32-7-6-31(9-17(34)11-33)10-19(32)23(24,25)26/h4-5,8,12,17,19,33-34H,3,6-7,9-11,13H2,1-2H3,(H,28,29)/b18-12-/t17-,19?/m0/s1. The van der Waals surface area contributed by atoms with Gasteiger partial charge in [0.15, 0.2) is 0 Å². The van der Waals surface area contributed by atoms with Crippen LogP contribution in [0.2, 0.25) is 0 Å². The first kappa shape index (κ1) is 29.0. The number of nitrogens with one attached hydrogen (secondary N) is 1. The number of aromatic nitrogens is 2. The summed E-state index contributed by atoms with van der Waals surface area (Å²) in [6, 6.07) is 0.949. The number of thiazole rings is 1. The highest BCUT2D eigenvalue weighted by Gasteiger charge is 2.48. The highest BCUT2D eigenvalue weighted by molar-refractivity contribution is 8.02. The molecule has 3 N–H and O–H groups in total. The van der Waals surface area contributed by atoms with Crippen molar-refractivity contribution >= 4 is 47.2 Å². The highest BCUT2D eigenvalue weighted by Crippen LogP contribution is 2.30. The van der Waals surface area contributed by atoms with E-state index < -0.39 is 37.4 Å². The van der Waals surface area contributed by atoms with Gasteiger partial charge in [0.25, 0.3) is 5.91 Å². The molecule has 1 aliphatic heterocycles. The monoisotopic (exact) mass is 558 g/mol. The Morgan fingerprint density at radius 2 is 2.16 bits per heavy atom. The second-order valence-electron chi connectivity index (χ2n) is 8.38. The van der Waals surface area contributed by atoms with Crippen molar-refractivity contribution in [1.29, 1.82) is 0 Å². The molecule has 0 bridgehead atoms. The lowest BCUT2D eigenvalue weighted by atomic mass is 10.1. The fraction of sp³-hybridized carbons (Fsp3) is 0.478. The van der Waals surface area contributed by atoms with Crippen molar-refractivity contribution in [2.45, 2.75) is 32.2 Å². The first-order valence-electron chi connectivity index (χ1n) is 11.3. The summed E-state index contributed by atoms with van der Waals surface area (Å²) in [6.07, 6.45) is -4.54. The number of rotatable bonds is 10. The number of thioether (sulfide) groups is 1. The third-order valence-corrected chi connectivity index (χ3v) is 7.43. The van der Waals surface area contributed by atoms with E-state index in [4.69, 9.17) is 5.11 Å². The summed E-state index contributed by atoms with van der Waals surface area (Å²) in [6.45, 7) is 6.30. The lowest BCUT2D eigenvalue weighted by Gasteiger charge is -2.42. The largest absolute Gasteiger partial charge is 0.410 e. The summed E-state index contributed by atoms with van der Waals surface area (Å²) in [5, 5.41) is 24.4. The number of aliphatic hydroxyl groups excluding tert-OH is 2. The number of carbonyl (C=O) groups excluding carboxylic acids is 1. The van der Waals surface area contributed by atoms with Crippen molar-refractivity contribution < 1.29 is 28.2 Å². The summed E-state index contributed by atoms with van der Waals surface area (Å²) < 4.78 is 41.2. The Balaban J connectivity index is 1.59. The number of carbonyl (C=O) groups is 1. The number of aliphatic imine (C=N–C) groups is 1. The number of piperazine rings is 1. The zero-order chi connectivity index (χ0) is 27.2. The Morgan fingerprint density at radius 3 is 2.73 bits per heavy atom. The number of alkyl halides is 3. The molecule has 202 valence electrons. The van der Waals surface area contributed by atoms with Crippen LogP contribution in [-0.4, -0.2) is 99.6 Å². The molecule has 3 rings (SSSR count). The smallest absolute Gasteiger partial charge is 0.394 e. The number of aryl methyl sites for hydroxylation is 2. The Kier molecular flexibility index (Phi) is 10.1. The number of anilines is 1. The van der Waals surface area contributed by atoms with E-state index in [1.165, 1.54) is 46.3 Å². The van der Waals surface area contributed by atoms with Crippen LogP contribution in [0, 0.1) is 13.8 Å². The van der Waals surface area contributed by atoms with Crippen molar-refractivity contribution in [3.63, 3.8) is 0 Å². The molecule has 1 unspecified atom stereocenters. The summed E-state index contributed by atoms with van der Waals surface area (Å²) >= 11 is 2.96. The summed E-state index contributed by atoms with van der Waals surface area (Å²) in [5.41, 5.74) is 1.65. The fourth-order valence-electron chi connectivity index (χ4n) is 3.84. The SMILES string of the molecule is C=N/C(=C\SCNc1ccc(C(=O)N2CCN(C[C@H](O)CO)CC2C(F)(F)F)cn1)c1sc(C)nc1C. The number of β-amino-alcohol motifs (C(OH)–C–C–N with tert-alkyl or cyclic N) is 1. The van der Waals surface area contributed by atoms with Gasteiger partial charge in [-0.3, -0.25) is 14.7 Å². The Hall–Kier alpha value is -2.52. The number of pyridine rings is 1. The number of hydrogen-bond acceptors (Lipinski definition) is 10. The third kappa shape index (κ3) is 7.74. The highest BCUT2D eigenvalue weighted by atomic mass is 32.2. The molecule has 9 nitrogen and oxygen atoms in total. The summed E-state index contributed by atoms with van der Waals surface area (Å²) in [7, 11) is 0. The number of nitrogens with zero attached hydrogens (tertiary/aromatic N) is 5. The van der Waals surface area contributed by atoms with Gasteiger partial charge in [-0.15, -0.1) is 23.1 Å². The van der Waals surface area contributed by atoms with E-state index in [0.717, 1.165) is 20.5 Å². The van der Waals surface area contributed by atoms with Gasteiger partial charge in [0.1, 0.15) is 11.9 Å². The molecule has 2 aromatic rings. The molecule has 0 aliphatic carbocycles. The second-order valence-corrected chi connectivity index (χ2v) is 10.4. The maximum absolute atomic E-state index is 13.7. The van der Waals surface area contributed by atoms with Crippen molar-refractivity contribution in [3.8, 4) is 0 Å². The summed E-state index contributed by atoms with van der Waals surface area (Å²) in [4.78, 5) is 28.7. The lowest BCUT2D eigenvalue weighted by Crippen LogP contribution is -2.61. The van der Waals surface area contributed by atoms with Gasteiger partial charge >= 0.3 is 6.18 Å². The van der Waals surface area contributed by atoms with E-state index in [1.807, 2.05) is 19.3 Å². The van der Waals surface area contributed by atoms with Crippen molar-refractivity contribution in [1.82, 2.24) is 19.8 Å². The van der Waals surface area contributed by atoms with Gasteiger partial charge in [-0.1, -0.05) is 0 Å². The van der Waals surface area contributed by atoms with Crippen LogP contribution in [0.15, 0.2) is 28.7 Å². The molecule has 3 heterocycles. The van der Waals surface area contributed by atoms with Crippen LogP contribution in [0.1, 0.15) is 25.9 Å². The molecule has 14 heteroatoms. The maximum atomic E-state index is 13.7. The quantitative estimate of drug-likeness (QED) is 0.232. The van der Waals surface area contributed by atoms with Crippen LogP contribution in [0.5, 0.6) is 0 Å². The van der Waals surface area contributed by atoms with Crippen molar-refractivity contribution in [2.24, 2.45) is 4.99 Å². The molecule has 0 spiro atoms. The third-order valence-electron chi connectivity index (χ3n) is 5.63. The van der Waals surface area contributed by atoms with Crippen LogP contribution in [-0.2, 0) is 0 Å². The van der Waals surface area contributed by atoms with Crippen LogP contribution in [0.25, 0.3) is 5.70 Å². The zero-order valence-electron chi connectivity index (χ0n) is 20.4. The molecule has 0 radical (unpaired) electrons. The fourth-order valence-corrected chi connectivity index (χ4v) is 5.48. The lowest BCUT2D eigenvalue weighted by molar-refractivity contribution is -0.190. The van der Waals surface area contributed by atoms with E-state index in [1.54, 1.807) is 0 Å². The van der Waals surface area contributed by atoms with Crippen molar-refractivity contribution in [3.05, 3.63) is 44.9 Å². The first-order valence-corrected chi connectivity index (χ1v) is 13.2. The molecular formula is C23H29F3N6O3S2. The summed E-state index contributed by atoms with van der Waals surface area (Å²) in [5.74, 6) is 0.136. The topological polar surface area (TPSA) is 114 Å². The van der Waals surface area contributed by atoms with Crippen LogP contribution in [0.3, 0.4) is 0 Å². The zero-order valence-corrected chi connectivity index (χ0v) is 22.0. The molecule has 1 saturated heterocycles. The van der Waals surface area contributed by atoms with Gasteiger partial charge in [0, 0.05) is 32.4 Å². The van der Waals surface area contributed by atoms with Crippen LogP contribution >= 0.6 is 23.1 Å². The molecule has 0 saturated carbocycles. The normalized spacial score (nSPS) is 18.1. The van der Waals surface area contributed by atoms with E-state index in [-0.39, 0.29) is 25.2 Å². The minimum absolute atomic E-state index is 0.0466. The van der Waals surface area contributed by atoms with Gasteiger partial charge < -0.3 is 20.4 Å². The number of hydrogen-bond donors (Lipinski definition) is 3. The van der Waals surface area contributed by atoms with E-state index in [0.29, 0.717) is 17.4 Å². The Bertz CT molecular complexity index is 1110. The van der Waals surface area contributed by atoms with Crippen molar-refractivity contribution in [2.75, 3.05) is 44.0 Å². The van der Waals surface area contributed by atoms with E-state index in [9.17, 15) is 23.1 Å². The molecule has 1 fully saturated rings. The molecule has 37 heavy (non-hydrogen) atoms. The Morgan fingerprint density at radius 1 is 1.41 bits per heavy atom. The van der Waals surface area contributed by atoms with E-state index in [2.05, 4.69) is 27.0 Å². The Labute approximate surface area is 221 Å².